The Morgan fingerprint density at radius 3 is 2.50 bits per heavy atom. The monoisotopic (exact) mass is 436 g/mol. The molecule has 0 spiro atoms. The van der Waals surface area contributed by atoms with Crippen molar-refractivity contribution in [2.24, 2.45) is 22.6 Å². The van der Waals surface area contributed by atoms with Crippen LogP contribution in [-0.2, 0) is 11.3 Å². The molecular formula is C25H32N4O3. The molecule has 32 heavy (non-hydrogen) atoms. The minimum Gasteiger partial charge on any atom is -0.508 e. The number of aryl methyl sites for hydroxylation is 2. The fraction of sp³-hybridized carbons (Fsp3) is 0.400. The van der Waals surface area contributed by atoms with Crippen LogP contribution in [0, 0.1) is 31.1 Å². The van der Waals surface area contributed by atoms with Crippen LogP contribution in [0.3, 0.4) is 0 Å². The Hall–Kier alpha value is -3.35. The highest BCUT2D eigenvalue weighted by molar-refractivity contribution is 6.09. The van der Waals surface area contributed by atoms with Gasteiger partial charge in [0.15, 0.2) is 0 Å². The average molecular weight is 437 g/mol. The first-order valence-corrected chi connectivity index (χ1v) is 10.9. The van der Waals surface area contributed by atoms with Gasteiger partial charge in [-0.05, 0) is 55.9 Å². The zero-order chi connectivity index (χ0) is 23.4. The molecule has 1 unspecified atom stereocenters. The normalized spacial score (nSPS) is 16.1. The highest BCUT2D eigenvalue weighted by atomic mass is 16.4. The summed E-state index contributed by atoms with van der Waals surface area (Å²) < 4.78 is 0. The largest absolute Gasteiger partial charge is 0.508 e. The predicted molar refractivity (Wildman–Crippen MR) is 126 cm³/mol. The molecule has 2 aromatic rings. The van der Waals surface area contributed by atoms with Crippen LogP contribution in [0.5, 0.6) is 5.75 Å². The van der Waals surface area contributed by atoms with E-state index >= 15 is 0 Å². The zero-order valence-corrected chi connectivity index (χ0v) is 18.9. The van der Waals surface area contributed by atoms with Crippen molar-refractivity contribution in [1.82, 2.24) is 4.90 Å². The third-order valence-corrected chi connectivity index (χ3v) is 6.35. The van der Waals surface area contributed by atoms with Crippen molar-refractivity contribution in [3.8, 4) is 5.75 Å². The van der Waals surface area contributed by atoms with Gasteiger partial charge in [-0.1, -0.05) is 36.8 Å². The topological polar surface area (TPSA) is 123 Å². The first-order chi connectivity index (χ1) is 15.2. The number of aliphatic imine (C=N–C) groups is 1. The summed E-state index contributed by atoms with van der Waals surface area (Å²) in [6.45, 7) is 7.26. The Morgan fingerprint density at radius 1 is 1.19 bits per heavy atom. The molecule has 0 amide bonds. The summed E-state index contributed by atoms with van der Waals surface area (Å²) in [5.41, 5.74) is 10.6. The van der Waals surface area contributed by atoms with Crippen LogP contribution in [-0.4, -0.2) is 45.8 Å². The number of carbonyl (C=O) groups is 1. The fourth-order valence-electron chi connectivity index (χ4n) is 4.15. The quantitative estimate of drug-likeness (QED) is 0.406. The Bertz CT molecular complexity index is 1040. The van der Waals surface area contributed by atoms with E-state index in [2.05, 4.69) is 4.99 Å². The van der Waals surface area contributed by atoms with Gasteiger partial charge in [0.05, 0.1) is 12.5 Å². The number of rotatable bonds is 6. The number of likely N-dealkylation sites (tertiary alicyclic amines) is 1. The number of phenolic OH excluding ortho intramolecular Hbond substituents is 1. The van der Waals surface area contributed by atoms with Crippen molar-refractivity contribution in [3.05, 3.63) is 64.2 Å². The molecule has 7 nitrogen and oxygen atoms in total. The first-order valence-electron chi connectivity index (χ1n) is 10.9. The van der Waals surface area contributed by atoms with Gasteiger partial charge >= 0.3 is 5.97 Å². The second-order valence-electron chi connectivity index (χ2n) is 8.67. The second-order valence-corrected chi connectivity index (χ2v) is 8.67. The minimum atomic E-state index is -0.757. The molecule has 1 aliphatic heterocycles. The Kier molecular flexibility index (Phi) is 7.18. The number of carboxylic acid groups (broad SMARTS) is 1. The number of carboxylic acids is 1. The molecule has 0 radical (unpaired) electrons. The van der Waals surface area contributed by atoms with Gasteiger partial charge in [-0.2, -0.15) is 0 Å². The maximum atomic E-state index is 11.3. The molecule has 2 aromatic carbocycles. The number of aromatic hydroxyl groups is 1. The van der Waals surface area contributed by atoms with Crippen LogP contribution in [0.25, 0.3) is 0 Å². The summed E-state index contributed by atoms with van der Waals surface area (Å²) in [6, 6.07) is 11.2. The predicted octanol–water partition coefficient (Wildman–Crippen LogP) is 3.67. The van der Waals surface area contributed by atoms with Crippen molar-refractivity contribution >= 4 is 17.6 Å². The maximum absolute atomic E-state index is 11.3. The van der Waals surface area contributed by atoms with E-state index in [1.54, 1.807) is 13.0 Å². The molecular weight excluding hydrogens is 404 g/mol. The van der Waals surface area contributed by atoms with E-state index < -0.39 is 5.97 Å². The van der Waals surface area contributed by atoms with Crippen LogP contribution >= 0.6 is 0 Å². The number of aliphatic carboxylic acids is 1. The van der Waals surface area contributed by atoms with Crippen LogP contribution in [0.2, 0.25) is 0 Å². The number of nitrogens with zero attached hydrogens (tertiary/aromatic N) is 2. The van der Waals surface area contributed by atoms with E-state index in [1.807, 2.05) is 49.1 Å². The molecule has 0 aromatic heterocycles. The third kappa shape index (κ3) is 5.28. The molecule has 0 saturated carbocycles. The van der Waals surface area contributed by atoms with Crippen molar-refractivity contribution in [3.63, 3.8) is 0 Å². The van der Waals surface area contributed by atoms with Gasteiger partial charge in [0, 0.05) is 24.2 Å². The molecule has 1 atom stereocenters. The molecule has 1 saturated heterocycles. The van der Waals surface area contributed by atoms with Crippen LogP contribution in [0.1, 0.15) is 47.6 Å². The lowest BCUT2D eigenvalue weighted by Gasteiger charge is -2.35. The smallest absolute Gasteiger partial charge is 0.306 e. The third-order valence-electron chi connectivity index (χ3n) is 6.35. The lowest BCUT2D eigenvalue weighted by Crippen LogP contribution is -2.41. The summed E-state index contributed by atoms with van der Waals surface area (Å²) in [5.74, 6) is 0.0180. The van der Waals surface area contributed by atoms with E-state index in [9.17, 15) is 15.0 Å². The zero-order valence-electron chi connectivity index (χ0n) is 18.9. The minimum absolute atomic E-state index is 0.134. The van der Waals surface area contributed by atoms with Gasteiger partial charge in [0.25, 0.3) is 0 Å². The maximum Gasteiger partial charge on any atom is 0.306 e. The van der Waals surface area contributed by atoms with Crippen LogP contribution in [0.4, 0.5) is 0 Å². The lowest BCUT2D eigenvalue weighted by molar-refractivity contribution is -0.143. The van der Waals surface area contributed by atoms with Crippen molar-refractivity contribution in [2.75, 3.05) is 13.1 Å². The lowest BCUT2D eigenvalue weighted by atomic mass is 9.85. The molecule has 1 fully saturated rings. The number of hydrogen-bond donors (Lipinski definition) is 4. The van der Waals surface area contributed by atoms with Gasteiger partial charge in [-0.15, -0.1) is 0 Å². The number of nitrogens with one attached hydrogen (secondary N) is 1. The molecule has 5 N–H and O–H groups in total. The number of amidine groups is 2. The van der Waals surface area contributed by atoms with Gasteiger partial charge in [-0.3, -0.25) is 15.2 Å². The number of phenols is 1. The second kappa shape index (κ2) is 9.85. The van der Waals surface area contributed by atoms with Crippen LogP contribution < -0.4 is 5.73 Å². The van der Waals surface area contributed by atoms with E-state index in [0.717, 1.165) is 40.7 Å². The number of piperidine rings is 1. The SMILES string of the molecule is Cc1ccc(C(=N)N2CCC(C(C)C(=O)O)CC2)c(C(N)=NCc2ccc(O)c(C)c2)c1. The van der Waals surface area contributed by atoms with Gasteiger partial charge in [0.2, 0.25) is 0 Å². The van der Waals surface area contributed by atoms with Crippen molar-refractivity contribution in [2.45, 2.75) is 40.2 Å². The van der Waals surface area contributed by atoms with Crippen LogP contribution in [0.15, 0.2) is 41.4 Å². The van der Waals surface area contributed by atoms with E-state index in [-0.39, 0.29) is 17.6 Å². The van der Waals surface area contributed by atoms with Gasteiger partial charge < -0.3 is 20.8 Å². The van der Waals surface area contributed by atoms with E-state index in [0.29, 0.717) is 31.3 Å². The number of benzene rings is 2. The highest BCUT2D eigenvalue weighted by Crippen LogP contribution is 2.27. The molecule has 170 valence electrons. The Labute approximate surface area is 189 Å². The molecule has 7 heteroatoms. The molecule has 0 aliphatic carbocycles. The molecule has 0 bridgehead atoms. The molecule has 3 rings (SSSR count). The fourth-order valence-corrected chi connectivity index (χ4v) is 4.15. The van der Waals surface area contributed by atoms with E-state index in [1.165, 1.54) is 0 Å². The number of nitrogens with two attached hydrogens (primary N) is 1. The Balaban J connectivity index is 1.77. The van der Waals surface area contributed by atoms with E-state index in [4.69, 9.17) is 11.1 Å². The van der Waals surface area contributed by atoms with Crippen molar-refractivity contribution < 1.29 is 15.0 Å². The molecule has 1 aliphatic rings. The van der Waals surface area contributed by atoms with Crippen molar-refractivity contribution in [1.29, 1.82) is 5.41 Å². The summed E-state index contributed by atoms with van der Waals surface area (Å²) >= 11 is 0. The summed E-state index contributed by atoms with van der Waals surface area (Å²) in [7, 11) is 0. The summed E-state index contributed by atoms with van der Waals surface area (Å²) in [6.07, 6.45) is 1.50. The summed E-state index contributed by atoms with van der Waals surface area (Å²) in [5, 5.41) is 27.8. The number of hydrogen-bond acceptors (Lipinski definition) is 4. The standard InChI is InChI=1S/C25H32N4O3/c1-15-4-6-20(24(27)29-10-8-19(9-11-29)17(3)25(31)32)21(12-15)23(26)28-14-18-5-7-22(30)16(2)13-18/h4-7,12-13,17,19,27,30H,8-11,14H2,1-3H3,(H2,26,28)(H,31,32). The van der Waals surface area contributed by atoms with Gasteiger partial charge in [0.1, 0.15) is 17.4 Å². The average Bonchev–Trinajstić information content (AvgIpc) is 2.78. The molecule has 1 heterocycles. The first kappa shape index (κ1) is 23.3. The highest BCUT2D eigenvalue weighted by Gasteiger charge is 2.29. The summed E-state index contributed by atoms with van der Waals surface area (Å²) in [4.78, 5) is 17.8. The Morgan fingerprint density at radius 2 is 1.88 bits per heavy atom. The van der Waals surface area contributed by atoms with Gasteiger partial charge in [-0.25, -0.2) is 0 Å².